The predicted octanol–water partition coefficient (Wildman–Crippen LogP) is -13.8. The van der Waals surface area contributed by atoms with Crippen molar-refractivity contribution in [1.29, 1.82) is 0 Å². The van der Waals surface area contributed by atoms with Crippen LogP contribution in [0.2, 0.25) is 0 Å². The Kier molecular flexibility index (Phi) is 74200. The molecule has 21 heteroatoms. The fraction of sp³-hybridized carbons (Fsp3) is 0. The fourth-order valence-corrected chi connectivity index (χ4v) is 0. The summed E-state index contributed by atoms with van der Waals surface area (Å²) in [5, 5.41) is 0. The highest BCUT2D eigenvalue weighted by Crippen LogP contribution is -0.276. The summed E-state index contributed by atoms with van der Waals surface area (Å²) in [4.78, 5) is 0. The maximum atomic E-state index is 0. The topological polar surface area (TPSA) is 410 Å². The molecule has 0 atom stereocenters. The molecule has 0 heterocycles. The lowest BCUT2D eigenvalue weighted by Gasteiger charge is -0.413. The minimum Gasteiger partial charge on any atom is -0.412 e. The quantitative estimate of drug-likeness (QED) is 0.309. The van der Waals surface area contributed by atoms with E-state index in [0.717, 1.165) is 0 Å². The van der Waals surface area contributed by atoms with E-state index in [2.05, 4.69) is 0 Å². The molecule has 0 aliphatic rings. The Labute approximate surface area is 195 Å². The van der Waals surface area contributed by atoms with Crippen molar-refractivity contribution in [3.05, 3.63) is 0 Å². The maximum Gasteiger partial charge on any atom is 0 e. The molecule has 0 aliphatic heterocycles. The van der Waals surface area contributed by atoms with Crippen molar-refractivity contribution in [2.75, 3.05) is 0 Å². The molecule has 26 N–H and O–H groups in total. The van der Waals surface area contributed by atoms with E-state index in [1.165, 1.54) is 0 Å². The van der Waals surface area contributed by atoms with E-state index in [4.69, 9.17) is 0 Å². The van der Waals surface area contributed by atoms with Crippen molar-refractivity contribution in [3.8, 4) is 0 Å². The van der Waals surface area contributed by atoms with E-state index >= 15 is 0 Å². The standard InChI is InChI=1S/6Al.13H2O.2Si/h;;;;;;13*1H2;;. The average molecular weight is 452 g/mol. The van der Waals surface area contributed by atoms with Gasteiger partial charge >= 0.3 is 0 Å². The molecule has 0 aromatic carbocycles. The van der Waals surface area contributed by atoms with Gasteiger partial charge in [-0.2, -0.15) is 0 Å². The summed E-state index contributed by atoms with van der Waals surface area (Å²) in [7, 11) is 0. The van der Waals surface area contributed by atoms with Crippen LogP contribution in [-0.2, 0) is 0 Å². The van der Waals surface area contributed by atoms with Crippen LogP contribution < -0.4 is 0 Å². The van der Waals surface area contributed by atoms with Crippen LogP contribution in [0, 0.1) is 0 Å². The first-order valence-electron chi connectivity index (χ1n) is 0. The van der Waals surface area contributed by atoms with Gasteiger partial charge < -0.3 is 71.2 Å². The first-order valence-corrected chi connectivity index (χ1v) is 0. The monoisotopic (exact) mass is 452 g/mol. The fourth-order valence-electron chi connectivity index (χ4n) is 0. The highest BCUT2D eigenvalue weighted by atomic mass is 28.1. The Morgan fingerprint density at radius 1 is 0.143 bits per heavy atom. The average Bonchev–Trinajstić information content (AvgIpc) is 0. The molecule has 0 saturated carbocycles. The van der Waals surface area contributed by atoms with E-state index in [1.54, 1.807) is 0 Å². The van der Waals surface area contributed by atoms with Crippen LogP contribution in [0.15, 0.2) is 0 Å². The molecule has 0 unspecified atom stereocenters. The summed E-state index contributed by atoms with van der Waals surface area (Å²) in [5.41, 5.74) is 0. The number of hydrogen-bond acceptors (Lipinski definition) is 0. The van der Waals surface area contributed by atoms with Crippen molar-refractivity contribution in [2.24, 2.45) is 0 Å². The zero-order valence-corrected chi connectivity index (χ0v) is 19.9. The van der Waals surface area contributed by atoms with E-state index in [-0.39, 0.29) is 197 Å². The second kappa shape index (κ2) is 1170. The van der Waals surface area contributed by atoms with Crippen LogP contribution in [-0.4, -0.2) is 197 Å². The zero-order valence-electron chi connectivity index (χ0n) is 11.0. The van der Waals surface area contributed by atoms with Crippen molar-refractivity contribution in [2.45, 2.75) is 0 Å². The van der Waals surface area contributed by atoms with Gasteiger partial charge in [0.1, 0.15) is 0 Å². The summed E-state index contributed by atoms with van der Waals surface area (Å²) < 4.78 is 0. The molecule has 0 amide bonds. The van der Waals surface area contributed by atoms with Gasteiger partial charge in [0.05, 0.1) is 0 Å². The van der Waals surface area contributed by atoms with Gasteiger partial charge in [-0.3, -0.25) is 0 Å². The molecule has 0 aromatic rings. The lowest BCUT2D eigenvalue weighted by molar-refractivity contribution is 0.823. The van der Waals surface area contributed by atoms with Gasteiger partial charge in [0, 0.05) is 126 Å². The SMILES string of the molecule is O.O.O.O.O.O.O.O.O.O.O.O.O.[Al].[Al].[Al].[Al].[Al].[Al].[Si].[Si]. The van der Waals surface area contributed by atoms with Gasteiger partial charge in [0.2, 0.25) is 0 Å². The van der Waals surface area contributed by atoms with Gasteiger partial charge in [-0.1, -0.05) is 0 Å². The van der Waals surface area contributed by atoms with E-state index in [9.17, 15) is 0 Å². The summed E-state index contributed by atoms with van der Waals surface area (Å²) in [6.07, 6.45) is 0. The van der Waals surface area contributed by atoms with Crippen molar-refractivity contribution >= 4 is 126 Å². The molecule has 0 aromatic heterocycles. The minimum atomic E-state index is 0. The van der Waals surface area contributed by atoms with Crippen molar-refractivity contribution < 1.29 is 71.2 Å². The minimum absolute atomic E-state index is 0. The lowest BCUT2D eigenvalue weighted by atomic mass is 16.0. The van der Waals surface area contributed by atoms with Gasteiger partial charge in [-0.05, 0) is 0 Å². The third-order valence-electron chi connectivity index (χ3n) is 0. The number of hydrogen-bond donors (Lipinski definition) is 0. The van der Waals surface area contributed by atoms with Gasteiger partial charge in [-0.15, -0.1) is 0 Å². The molecule has 0 saturated heterocycles. The number of rotatable bonds is 0. The molecular formula is H26Al6O13Si2. The first-order chi connectivity index (χ1) is 0. The molecule has 0 fully saturated rings. The largest absolute Gasteiger partial charge is 0.412 e. The second-order valence-electron chi connectivity index (χ2n) is 0. The molecule has 0 rings (SSSR count). The molecule has 26 radical (unpaired) electrons. The molecule has 0 spiro atoms. The van der Waals surface area contributed by atoms with Crippen LogP contribution >= 0.6 is 0 Å². The summed E-state index contributed by atoms with van der Waals surface area (Å²) >= 11 is 0. The Hall–Kier alpha value is 3.11. The van der Waals surface area contributed by atoms with E-state index < -0.39 is 0 Å². The first kappa shape index (κ1) is 1330. The molecule has 0 bridgehead atoms. The second-order valence-corrected chi connectivity index (χ2v) is 0. The van der Waals surface area contributed by atoms with Gasteiger partial charge in [0.25, 0.3) is 0 Å². The van der Waals surface area contributed by atoms with E-state index in [0.29, 0.717) is 0 Å². The summed E-state index contributed by atoms with van der Waals surface area (Å²) in [5.74, 6) is 0. The van der Waals surface area contributed by atoms with E-state index in [1.807, 2.05) is 0 Å². The summed E-state index contributed by atoms with van der Waals surface area (Å²) in [6.45, 7) is 0. The zero-order chi connectivity index (χ0) is 0. The molecule has 21 heavy (non-hydrogen) atoms. The van der Waals surface area contributed by atoms with Gasteiger partial charge in [0.15, 0.2) is 0 Å². The van der Waals surface area contributed by atoms with Gasteiger partial charge in [-0.25, -0.2) is 0 Å². The van der Waals surface area contributed by atoms with Crippen LogP contribution in [0.1, 0.15) is 0 Å². The van der Waals surface area contributed by atoms with Crippen molar-refractivity contribution in [1.82, 2.24) is 0 Å². The van der Waals surface area contributed by atoms with Crippen LogP contribution in [0.4, 0.5) is 0 Å². The Balaban J connectivity index is 0. The molecule has 0 aliphatic carbocycles. The molecular weight excluding hydrogens is 426 g/mol. The van der Waals surface area contributed by atoms with Crippen molar-refractivity contribution in [3.63, 3.8) is 0 Å². The van der Waals surface area contributed by atoms with Crippen LogP contribution in [0.25, 0.3) is 0 Å². The third kappa shape index (κ3) is 1070. The Bertz CT molecular complexity index is 26.6. The summed E-state index contributed by atoms with van der Waals surface area (Å²) in [6, 6.07) is 0. The smallest absolute Gasteiger partial charge is 0 e. The Morgan fingerprint density at radius 2 is 0.143 bits per heavy atom. The van der Waals surface area contributed by atoms with Crippen LogP contribution in [0.3, 0.4) is 0 Å². The lowest BCUT2D eigenvalue weighted by Crippen LogP contribution is -0.382. The molecule has 13 nitrogen and oxygen atoms in total. The highest BCUT2D eigenvalue weighted by Gasteiger charge is 0.00726. The molecule has 130 valence electrons. The predicted molar refractivity (Wildman–Crippen MR) is 93.0 cm³/mol. The normalized spacial score (nSPS) is 0. The maximum absolute atomic E-state index is 0. The third-order valence-corrected chi connectivity index (χ3v) is 0. The van der Waals surface area contributed by atoms with Crippen LogP contribution in [0.5, 0.6) is 0 Å². The highest BCUT2D eigenvalue weighted by molar-refractivity contribution is 5.76. The Morgan fingerprint density at radius 3 is 0.143 bits per heavy atom.